The zero-order chi connectivity index (χ0) is 22.2. The van der Waals surface area contributed by atoms with Crippen LogP contribution in [0.2, 0.25) is 0 Å². The van der Waals surface area contributed by atoms with Gasteiger partial charge in [-0.1, -0.05) is 24.3 Å². The lowest BCUT2D eigenvalue weighted by atomic mass is 9.99. The van der Waals surface area contributed by atoms with Gasteiger partial charge in [0, 0.05) is 33.2 Å². The van der Waals surface area contributed by atoms with E-state index >= 15 is 0 Å². The van der Waals surface area contributed by atoms with Crippen LogP contribution in [0.5, 0.6) is 5.75 Å². The Hall–Kier alpha value is -4.46. The summed E-state index contributed by atoms with van der Waals surface area (Å²) >= 11 is 1.37. The van der Waals surface area contributed by atoms with Gasteiger partial charge in [-0.25, -0.2) is 0 Å². The molecule has 2 aromatic carbocycles. The van der Waals surface area contributed by atoms with Crippen molar-refractivity contribution >= 4 is 39.2 Å². The van der Waals surface area contributed by atoms with E-state index in [1.54, 1.807) is 43.5 Å². The summed E-state index contributed by atoms with van der Waals surface area (Å²) in [6.07, 6.45) is 1.70. The quantitative estimate of drug-likeness (QED) is 0.305. The topological polar surface area (TPSA) is 99.9 Å². The number of Topliss-reactive ketones (excluding diaryl/α,β-unsaturated/α-hetero) is 1. The Labute approximate surface area is 186 Å². The van der Waals surface area contributed by atoms with Gasteiger partial charge in [-0.3, -0.25) is 4.79 Å². The molecule has 0 amide bonds. The van der Waals surface area contributed by atoms with Crippen molar-refractivity contribution in [2.24, 2.45) is 0 Å². The predicted molar refractivity (Wildman–Crippen MR) is 121 cm³/mol. The Bertz CT molecular complexity index is 1490. The van der Waals surface area contributed by atoms with E-state index in [1.165, 1.54) is 11.3 Å². The second-order valence-electron chi connectivity index (χ2n) is 6.97. The summed E-state index contributed by atoms with van der Waals surface area (Å²) in [5, 5.41) is 18.9. The first kappa shape index (κ1) is 19.5. The van der Waals surface area contributed by atoms with E-state index in [0.717, 1.165) is 16.2 Å². The van der Waals surface area contributed by atoms with Crippen LogP contribution in [0.15, 0.2) is 70.2 Å². The number of thiophene rings is 1. The highest BCUT2D eigenvalue weighted by atomic mass is 32.1. The van der Waals surface area contributed by atoms with Gasteiger partial charge in [0.05, 0.1) is 7.11 Å². The van der Waals surface area contributed by atoms with Crippen LogP contribution < -0.4 is 4.74 Å². The molecule has 2 aromatic heterocycles. The number of carbonyl (C=O) groups excluding carboxylic acids is 1. The number of ketones is 1. The number of rotatable bonds is 3. The van der Waals surface area contributed by atoms with Crippen molar-refractivity contribution < 1.29 is 13.9 Å². The summed E-state index contributed by atoms with van der Waals surface area (Å²) < 4.78 is 11.1. The third-order valence-corrected chi connectivity index (χ3v) is 6.12. The summed E-state index contributed by atoms with van der Waals surface area (Å²) in [5.41, 5.74) is 3.11. The number of nitrogens with zero attached hydrogens (tertiary/aromatic N) is 3. The first-order valence-electron chi connectivity index (χ1n) is 9.58. The standard InChI is InChI=1S/C25H13N3O3S/c1-30-16-8-6-14(7-9-16)24-28-25-21(31-24)11-17(32-25)10-20-22(15(12-26)13-27)18-4-2-3-5-19(18)23(20)29/h2-11H,1H3/b20-10-. The molecule has 152 valence electrons. The lowest BCUT2D eigenvalue weighted by Gasteiger charge is -2.01. The van der Waals surface area contributed by atoms with E-state index < -0.39 is 0 Å². The molecule has 4 aromatic rings. The number of fused-ring (bicyclic) bond motifs is 2. The van der Waals surface area contributed by atoms with E-state index in [4.69, 9.17) is 9.15 Å². The van der Waals surface area contributed by atoms with Crippen molar-refractivity contribution in [1.82, 2.24) is 4.98 Å². The van der Waals surface area contributed by atoms with Crippen LogP contribution >= 0.6 is 11.3 Å². The lowest BCUT2D eigenvalue weighted by molar-refractivity contribution is 0.104. The fourth-order valence-electron chi connectivity index (χ4n) is 3.67. The first-order chi connectivity index (χ1) is 15.6. The molecular formula is C25H13N3O3S. The van der Waals surface area contributed by atoms with E-state index in [1.807, 2.05) is 36.4 Å². The normalized spacial score (nSPS) is 13.8. The third-order valence-electron chi connectivity index (χ3n) is 5.16. The molecule has 0 saturated heterocycles. The molecular weight excluding hydrogens is 422 g/mol. The monoisotopic (exact) mass is 435 g/mol. The van der Waals surface area contributed by atoms with Crippen LogP contribution in [0.4, 0.5) is 0 Å². The van der Waals surface area contributed by atoms with Gasteiger partial charge in [0.25, 0.3) is 0 Å². The number of benzene rings is 2. The number of hydrogen-bond donors (Lipinski definition) is 0. The van der Waals surface area contributed by atoms with Gasteiger partial charge in [0.1, 0.15) is 23.5 Å². The maximum atomic E-state index is 13.0. The SMILES string of the molecule is COc1ccc(-c2nc3sc(/C=C4\C(=O)c5ccccc5C4=C(C#N)C#N)cc3o2)cc1. The van der Waals surface area contributed by atoms with E-state index in [2.05, 4.69) is 4.98 Å². The van der Waals surface area contributed by atoms with Gasteiger partial charge < -0.3 is 9.15 Å². The average molecular weight is 435 g/mol. The highest BCUT2D eigenvalue weighted by molar-refractivity contribution is 7.19. The lowest BCUT2D eigenvalue weighted by Crippen LogP contribution is -1.95. The number of methoxy groups -OCH3 is 1. The first-order valence-corrected chi connectivity index (χ1v) is 10.4. The van der Waals surface area contributed by atoms with Gasteiger partial charge in [-0.15, -0.1) is 11.3 Å². The second-order valence-corrected chi connectivity index (χ2v) is 8.03. The van der Waals surface area contributed by atoms with Gasteiger partial charge in [0.15, 0.2) is 16.2 Å². The van der Waals surface area contributed by atoms with E-state index in [9.17, 15) is 15.3 Å². The van der Waals surface area contributed by atoms with Crippen molar-refractivity contribution in [3.63, 3.8) is 0 Å². The predicted octanol–water partition coefficient (Wildman–Crippen LogP) is 5.65. The molecule has 0 atom stereocenters. The molecule has 1 aliphatic carbocycles. The number of aromatic nitrogens is 1. The number of hydrogen-bond acceptors (Lipinski definition) is 7. The molecule has 0 spiro atoms. The highest BCUT2D eigenvalue weighted by Crippen LogP contribution is 2.41. The van der Waals surface area contributed by atoms with Crippen LogP contribution in [-0.2, 0) is 0 Å². The molecule has 7 heteroatoms. The Morgan fingerprint density at radius 2 is 1.81 bits per heavy atom. The molecule has 0 fully saturated rings. The smallest absolute Gasteiger partial charge is 0.228 e. The minimum absolute atomic E-state index is 0.0882. The number of nitriles is 2. The maximum absolute atomic E-state index is 13.0. The summed E-state index contributed by atoms with van der Waals surface area (Å²) in [4.78, 5) is 19.0. The molecule has 5 rings (SSSR count). The van der Waals surface area contributed by atoms with Crippen molar-refractivity contribution in [3.05, 3.63) is 81.7 Å². The van der Waals surface area contributed by atoms with Crippen molar-refractivity contribution in [1.29, 1.82) is 10.5 Å². The molecule has 0 unspecified atom stereocenters. The van der Waals surface area contributed by atoms with Crippen molar-refractivity contribution in [2.75, 3.05) is 7.11 Å². The molecule has 2 heterocycles. The Kier molecular flexibility index (Phi) is 4.67. The van der Waals surface area contributed by atoms with Crippen LogP contribution in [0.25, 0.3) is 33.5 Å². The number of allylic oxidation sites excluding steroid dienone is 3. The van der Waals surface area contributed by atoms with E-state index in [0.29, 0.717) is 38.6 Å². The van der Waals surface area contributed by atoms with Crippen LogP contribution in [-0.4, -0.2) is 17.9 Å². The minimum atomic E-state index is -0.212. The van der Waals surface area contributed by atoms with Crippen LogP contribution in [0.3, 0.4) is 0 Å². The van der Waals surface area contributed by atoms with Crippen molar-refractivity contribution in [3.8, 4) is 29.3 Å². The number of carbonyl (C=O) groups is 1. The van der Waals surface area contributed by atoms with Crippen LogP contribution in [0.1, 0.15) is 20.8 Å². The van der Waals surface area contributed by atoms with Gasteiger partial charge in [-0.05, 0) is 35.9 Å². The molecule has 0 aliphatic heterocycles. The molecule has 1 aliphatic rings. The van der Waals surface area contributed by atoms with Gasteiger partial charge in [0.2, 0.25) is 5.89 Å². The zero-order valence-corrected chi connectivity index (χ0v) is 17.6. The summed E-state index contributed by atoms with van der Waals surface area (Å²) in [6, 6.07) is 20.0. The molecule has 6 nitrogen and oxygen atoms in total. The largest absolute Gasteiger partial charge is 0.497 e. The highest BCUT2D eigenvalue weighted by Gasteiger charge is 2.32. The second kappa shape index (κ2) is 7.66. The summed E-state index contributed by atoms with van der Waals surface area (Å²) in [5.74, 6) is 1.03. The van der Waals surface area contributed by atoms with Crippen molar-refractivity contribution in [2.45, 2.75) is 0 Å². The van der Waals surface area contributed by atoms with Crippen LogP contribution in [0, 0.1) is 22.7 Å². The maximum Gasteiger partial charge on any atom is 0.228 e. The molecule has 0 bridgehead atoms. The fraction of sp³-hybridized carbons (Fsp3) is 0.0400. The van der Waals surface area contributed by atoms with Gasteiger partial charge >= 0.3 is 0 Å². The Balaban J connectivity index is 1.57. The average Bonchev–Trinajstić information content (AvgIpc) is 3.47. The number of ether oxygens (including phenoxy) is 1. The summed E-state index contributed by atoms with van der Waals surface area (Å²) in [6.45, 7) is 0. The molecule has 0 radical (unpaired) electrons. The minimum Gasteiger partial charge on any atom is -0.497 e. The number of oxazole rings is 1. The fourth-order valence-corrected chi connectivity index (χ4v) is 4.57. The van der Waals surface area contributed by atoms with E-state index in [-0.39, 0.29) is 11.4 Å². The molecule has 0 saturated carbocycles. The zero-order valence-electron chi connectivity index (χ0n) is 16.7. The van der Waals surface area contributed by atoms with Gasteiger partial charge in [-0.2, -0.15) is 15.5 Å². The Morgan fingerprint density at radius 3 is 2.47 bits per heavy atom. The molecule has 32 heavy (non-hydrogen) atoms. The molecule has 0 N–H and O–H groups in total. The Morgan fingerprint density at radius 1 is 1.09 bits per heavy atom. The summed E-state index contributed by atoms with van der Waals surface area (Å²) in [7, 11) is 1.61. The third kappa shape index (κ3) is 3.09.